The first-order valence-electron chi connectivity index (χ1n) is 10.1. The van der Waals surface area contributed by atoms with Gasteiger partial charge in [-0.05, 0) is 56.0 Å². The summed E-state index contributed by atoms with van der Waals surface area (Å²) < 4.78 is 5.66. The zero-order valence-corrected chi connectivity index (χ0v) is 15.8. The molecule has 2 fully saturated rings. The Labute approximate surface area is 164 Å². The van der Waals surface area contributed by atoms with Crippen LogP contribution in [0.1, 0.15) is 61.8 Å². The Bertz CT molecular complexity index is 914. The first kappa shape index (κ1) is 17.3. The van der Waals surface area contributed by atoms with Crippen molar-refractivity contribution in [3.05, 3.63) is 60.0 Å². The molecule has 1 atom stereocenters. The van der Waals surface area contributed by atoms with Crippen LogP contribution in [0.3, 0.4) is 0 Å². The van der Waals surface area contributed by atoms with Crippen molar-refractivity contribution in [2.45, 2.75) is 50.0 Å². The van der Waals surface area contributed by atoms with Crippen LogP contribution in [-0.4, -0.2) is 26.7 Å². The molecule has 0 bridgehead atoms. The molecule has 0 amide bonds. The Balaban J connectivity index is 1.37. The summed E-state index contributed by atoms with van der Waals surface area (Å²) in [7, 11) is 0. The molecule has 1 saturated heterocycles. The topological polar surface area (TPSA) is 88.8 Å². The minimum atomic E-state index is -0.127. The highest BCUT2D eigenvalue weighted by atomic mass is 16.5. The molecule has 1 aromatic carbocycles. The molecule has 1 saturated carbocycles. The standard InChI is InChI=1S/C21H24N6O/c1-2-12-22-17(5-1)18-26-19(27-28-18)21(10-3-11-21)15-6-8-16(9-7-15)25-20-23-13-4-14-24-20/h4,6-9,13-14,17,22H,1-3,5,10-12H2,(H,23,24,25)/t17-/m1/s1. The molecule has 2 aromatic heterocycles. The predicted molar refractivity (Wildman–Crippen MR) is 105 cm³/mol. The third-order valence-electron chi connectivity index (χ3n) is 5.94. The summed E-state index contributed by atoms with van der Waals surface area (Å²) in [5.74, 6) is 2.16. The highest BCUT2D eigenvalue weighted by molar-refractivity contribution is 5.54. The van der Waals surface area contributed by atoms with Crippen molar-refractivity contribution in [3.8, 4) is 0 Å². The number of hydrogen-bond donors (Lipinski definition) is 2. The lowest BCUT2D eigenvalue weighted by atomic mass is 9.64. The summed E-state index contributed by atoms with van der Waals surface area (Å²) in [6, 6.07) is 10.4. The fourth-order valence-corrected chi connectivity index (χ4v) is 4.17. The molecular formula is C21H24N6O. The predicted octanol–water partition coefficient (Wildman–Crippen LogP) is 3.89. The van der Waals surface area contributed by atoms with Gasteiger partial charge in [-0.2, -0.15) is 4.98 Å². The summed E-state index contributed by atoms with van der Waals surface area (Å²) in [6.07, 6.45) is 10.2. The monoisotopic (exact) mass is 376 g/mol. The van der Waals surface area contributed by atoms with E-state index in [4.69, 9.17) is 9.51 Å². The van der Waals surface area contributed by atoms with Gasteiger partial charge < -0.3 is 15.2 Å². The van der Waals surface area contributed by atoms with E-state index in [2.05, 4.69) is 50.0 Å². The lowest BCUT2D eigenvalue weighted by Gasteiger charge is -2.39. The molecule has 1 aliphatic heterocycles. The van der Waals surface area contributed by atoms with Gasteiger partial charge in [0.25, 0.3) is 0 Å². The normalized spacial score (nSPS) is 21.1. The van der Waals surface area contributed by atoms with E-state index < -0.39 is 0 Å². The van der Waals surface area contributed by atoms with Gasteiger partial charge in [0.2, 0.25) is 11.8 Å². The number of aromatic nitrogens is 4. The molecule has 7 nitrogen and oxygen atoms in total. The van der Waals surface area contributed by atoms with Gasteiger partial charge in [0.15, 0.2) is 5.82 Å². The second kappa shape index (κ2) is 7.31. The second-order valence-electron chi connectivity index (χ2n) is 7.67. The van der Waals surface area contributed by atoms with Gasteiger partial charge >= 0.3 is 0 Å². The minimum Gasteiger partial charge on any atom is -0.338 e. The molecule has 5 rings (SSSR count). The molecule has 0 spiro atoms. The van der Waals surface area contributed by atoms with Crippen LogP contribution in [0.2, 0.25) is 0 Å². The van der Waals surface area contributed by atoms with Gasteiger partial charge in [-0.15, -0.1) is 0 Å². The SMILES string of the molecule is c1cnc(Nc2ccc(C3(c4noc([C@H]5CCCCN5)n4)CCC3)cc2)nc1. The van der Waals surface area contributed by atoms with Crippen molar-refractivity contribution >= 4 is 11.6 Å². The van der Waals surface area contributed by atoms with E-state index in [1.165, 1.54) is 24.8 Å². The number of piperidine rings is 1. The maximum absolute atomic E-state index is 5.66. The second-order valence-corrected chi connectivity index (χ2v) is 7.67. The third-order valence-corrected chi connectivity index (χ3v) is 5.94. The average molecular weight is 376 g/mol. The van der Waals surface area contributed by atoms with Crippen LogP contribution in [-0.2, 0) is 5.41 Å². The van der Waals surface area contributed by atoms with Crippen molar-refractivity contribution in [3.63, 3.8) is 0 Å². The van der Waals surface area contributed by atoms with Crippen LogP contribution in [0, 0.1) is 0 Å². The first-order chi connectivity index (χ1) is 13.8. The summed E-state index contributed by atoms with van der Waals surface area (Å²) in [5, 5.41) is 11.1. The number of anilines is 2. The van der Waals surface area contributed by atoms with Crippen LogP contribution in [0.4, 0.5) is 11.6 Å². The Morgan fingerprint density at radius 1 is 1.04 bits per heavy atom. The largest absolute Gasteiger partial charge is 0.338 e. The van der Waals surface area contributed by atoms with Gasteiger partial charge in [-0.3, -0.25) is 0 Å². The molecule has 0 unspecified atom stereocenters. The Morgan fingerprint density at radius 3 is 2.54 bits per heavy atom. The lowest BCUT2D eigenvalue weighted by molar-refractivity contribution is 0.264. The summed E-state index contributed by atoms with van der Waals surface area (Å²) in [6.45, 7) is 1.02. The van der Waals surface area contributed by atoms with Crippen molar-refractivity contribution in [1.29, 1.82) is 0 Å². The Morgan fingerprint density at radius 2 is 1.86 bits per heavy atom. The van der Waals surface area contributed by atoms with E-state index in [0.717, 1.165) is 43.2 Å². The molecule has 2 aliphatic rings. The molecule has 144 valence electrons. The van der Waals surface area contributed by atoms with Gasteiger partial charge in [-0.1, -0.05) is 30.1 Å². The van der Waals surface area contributed by atoms with E-state index in [9.17, 15) is 0 Å². The molecule has 3 heterocycles. The number of benzene rings is 1. The number of rotatable bonds is 5. The van der Waals surface area contributed by atoms with E-state index >= 15 is 0 Å². The van der Waals surface area contributed by atoms with Crippen molar-refractivity contribution in [1.82, 2.24) is 25.4 Å². The lowest BCUT2D eigenvalue weighted by Crippen LogP contribution is -2.36. The first-order valence-corrected chi connectivity index (χ1v) is 10.1. The minimum absolute atomic E-state index is 0.127. The van der Waals surface area contributed by atoms with Crippen LogP contribution in [0.25, 0.3) is 0 Å². The third kappa shape index (κ3) is 3.16. The van der Waals surface area contributed by atoms with Crippen LogP contribution in [0.15, 0.2) is 47.2 Å². The molecular weight excluding hydrogens is 352 g/mol. The maximum atomic E-state index is 5.66. The molecule has 3 aromatic rings. The zero-order chi connectivity index (χ0) is 18.8. The van der Waals surface area contributed by atoms with Crippen LogP contribution in [0.5, 0.6) is 0 Å². The number of hydrogen-bond acceptors (Lipinski definition) is 7. The van der Waals surface area contributed by atoms with Crippen molar-refractivity contribution in [2.75, 3.05) is 11.9 Å². The summed E-state index contributed by atoms with van der Waals surface area (Å²) in [5.41, 5.74) is 2.07. The molecule has 7 heteroatoms. The molecule has 1 aliphatic carbocycles. The van der Waals surface area contributed by atoms with E-state index in [0.29, 0.717) is 5.95 Å². The molecule has 0 radical (unpaired) electrons. The number of nitrogens with zero attached hydrogens (tertiary/aromatic N) is 4. The fourth-order valence-electron chi connectivity index (χ4n) is 4.17. The molecule has 2 N–H and O–H groups in total. The van der Waals surface area contributed by atoms with Crippen LogP contribution >= 0.6 is 0 Å². The van der Waals surface area contributed by atoms with E-state index in [1.54, 1.807) is 18.5 Å². The van der Waals surface area contributed by atoms with Gasteiger partial charge in [0.05, 0.1) is 11.5 Å². The highest BCUT2D eigenvalue weighted by Crippen LogP contribution is 2.48. The van der Waals surface area contributed by atoms with Gasteiger partial charge in [0.1, 0.15) is 0 Å². The van der Waals surface area contributed by atoms with Gasteiger partial charge in [-0.25, -0.2) is 9.97 Å². The van der Waals surface area contributed by atoms with Crippen molar-refractivity contribution in [2.24, 2.45) is 0 Å². The van der Waals surface area contributed by atoms with E-state index in [-0.39, 0.29) is 11.5 Å². The summed E-state index contributed by atoms with van der Waals surface area (Å²) >= 11 is 0. The number of nitrogens with one attached hydrogen (secondary N) is 2. The zero-order valence-electron chi connectivity index (χ0n) is 15.8. The van der Waals surface area contributed by atoms with Crippen LogP contribution < -0.4 is 10.6 Å². The fraction of sp³-hybridized carbons (Fsp3) is 0.429. The quantitative estimate of drug-likeness (QED) is 0.698. The van der Waals surface area contributed by atoms with Gasteiger partial charge in [0, 0.05) is 18.1 Å². The summed E-state index contributed by atoms with van der Waals surface area (Å²) in [4.78, 5) is 13.2. The highest BCUT2D eigenvalue weighted by Gasteiger charge is 2.44. The average Bonchev–Trinajstić information content (AvgIpc) is 3.20. The van der Waals surface area contributed by atoms with Crippen molar-refractivity contribution < 1.29 is 4.52 Å². The van der Waals surface area contributed by atoms with E-state index in [1.807, 2.05) is 0 Å². The Hall–Kier alpha value is -2.80. The molecule has 28 heavy (non-hydrogen) atoms. The maximum Gasteiger partial charge on any atom is 0.243 e. The Kier molecular flexibility index (Phi) is 4.52. The smallest absolute Gasteiger partial charge is 0.243 e.